The fourth-order valence-electron chi connectivity index (χ4n) is 3.22. The molecule has 0 N–H and O–H groups in total. The third-order valence-electron chi connectivity index (χ3n) is 4.23. The summed E-state index contributed by atoms with van der Waals surface area (Å²) in [5.74, 6) is -0.678. The first-order valence-corrected chi connectivity index (χ1v) is 7.46. The maximum Gasteiger partial charge on any atom is 0.307 e. The lowest BCUT2D eigenvalue weighted by Crippen LogP contribution is -2.36. The molecule has 3 rings (SSSR count). The van der Waals surface area contributed by atoms with E-state index in [2.05, 4.69) is 0 Å². The average Bonchev–Trinajstić information content (AvgIpc) is 2.55. The molecule has 0 aromatic heterocycles. The fraction of sp³-hybridized carbons (Fsp3) is 0.263. The number of esters is 1. The molecule has 3 nitrogen and oxygen atoms in total. The maximum atomic E-state index is 12.3. The minimum atomic E-state index is -0.509. The topological polar surface area (TPSA) is 43.4 Å². The van der Waals surface area contributed by atoms with Gasteiger partial charge in [-0.15, -0.1) is 0 Å². The van der Waals surface area contributed by atoms with Gasteiger partial charge in [0.1, 0.15) is 11.9 Å². The number of rotatable bonds is 3. The number of cyclic esters (lactones) is 1. The number of hydrogen-bond acceptors (Lipinski definition) is 3. The molecule has 0 aliphatic carbocycles. The number of hydrogen-bond donors (Lipinski definition) is 0. The van der Waals surface area contributed by atoms with Crippen LogP contribution in [0.4, 0.5) is 0 Å². The van der Waals surface area contributed by atoms with E-state index in [-0.39, 0.29) is 30.0 Å². The highest BCUT2D eigenvalue weighted by molar-refractivity contribution is 5.84. The number of ether oxygens (including phenoxy) is 1. The van der Waals surface area contributed by atoms with Crippen molar-refractivity contribution in [2.75, 3.05) is 0 Å². The van der Waals surface area contributed by atoms with Crippen molar-refractivity contribution in [3.63, 3.8) is 0 Å². The predicted molar refractivity (Wildman–Crippen MR) is 83.2 cm³/mol. The zero-order chi connectivity index (χ0) is 15.5. The summed E-state index contributed by atoms with van der Waals surface area (Å²) in [6, 6.07) is 19.3. The molecule has 1 heterocycles. The first-order chi connectivity index (χ1) is 10.7. The molecule has 2 aromatic rings. The van der Waals surface area contributed by atoms with Crippen LogP contribution in [0.1, 0.15) is 36.5 Å². The van der Waals surface area contributed by atoms with Crippen molar-refractivity contribution in [1.82, 2.24) is 0 Å². The highest BCUT2D eigenvalue weighted by Gasteiger charge is 2.42. The molecule has 1 fully saturated rings. The van der Waals surface area contributed by atoms with Crippen LogP contribution in [0.15, 0.2) is 60.7 Å². The number of carbonyl (C=O) groups excluding carboxylic acids is 2. The SMILES string of the molecule is CC(=O)[C@@H]1[C@@H](c2ccccc2)CC(=O)O[C@H]1c1ccccc1. The number of ketones is 1. The van der Waals surface area contributed by atoms with Gasteiger partial charge in [0.05, 0.1) is 12.3 Å². The Morgan fingerprint density at radius 3 is 2.05 bits per heavy atom. The molecule has 2 aromatic carbocycles. The van der Waals surface area contributed by atoms with Crippen LogP contribution in [0, 0.1) is 5.92 Å². The maximum absolute atomic E-state index is 12.3. The van der Waals surface area contributed by atoms with Crippen LogP contribution in [-0.2, 0) is 14.3 Å². The molecule has 1 saturated heterocycles. The molecule has 22 heavy (non-hydrogen) atoms. The number of Topliss-reactive ketones (excluding diaryl/α,β-unsaturated/α-hetero) is 1. The van der Waals surface area contributed by atoms with E-state index < -0.39 is 6.10 Å². The molecule has 0 radical (unpaired) electrons. The highest BCUT2D eigenvalue weighted by atomic mass is 16.5. The Morgan fingerprint density at radius 1 is 0.955 bits per heavy atom. The molecule has 0 bridgehead atoms. The van der Waals surface area contributed by atoms with E-state index in [1.165, 1.54) is 0 Å². The highest BCUT2D eigenvalue weighted by Crippen LogP contribution is 2.43. The summed E-state index contributed by atoms with van der Waals surface area (Å²) < 4.78 is 5.54. The van der Waals surface area contributed by atoms with Crippen LogP contribution in [0.25, 0.3) is 0 Å². The van der Waals surface area contributed by atoms with Gasteiger partial charge < -0.3 is 4.74 Å². The van der Waals surface area contributed by atoms with E-state index in [1.54, 1.807) is 6.92 Å². The first kappa shape index (κ1) is 14.5. The third-order valence-corrected chi connectivity index (χ3v) is 4.23. The Hall–Kier alpha value is -2.42. The van der Waals surface area contributed by atoms with E-state index in [0.717, 1.165) is 11.1 Å². The lowest BCUT2D eigenvalue weighted by Gasteiger charge is -2.36. The van der Waals surface area contributed by atoms with Crippen molar-refractivity contribution >= 4 is 11.8 Å². The zero-order valence-corrected chi connectivity index (χ0v) is 12.4. The molecular weight excluding hydrogens is 276 g/mol. The Morgan fingerprint density at radius 2 is 1.50 bits per heavy atom. The Kier molecular flexibility index (Phi) is 4.05. The summed E-state index contributed by atoms with van der Waals surface area (Å²) in [6.07, 6.45) is -0.262. The van der Waals surface area contributed by atoms with Crippen molar-refractivity contribution in [2.45, 2.75) is 25.4 Å². The van der Waals surface area contributed by atoms with Gasteiger partial charge in [-0.1, -0.05) is 60.7 Å². The molecule has 0 unspecified atom stereocenters. The summed E-state index contributed by atoms with van der Waals surface area (Å²) in [4.78, 5) is 24.3. The lowest BCUT2D eigenvalue weighted by molar-refractivity contribution is -0.163. The van der Waals surface area contributed by atoms with Gasteiger partial charge in [-0.3, -0.25) is 9.59 Å². The molecular formula is C19H18O3. The van der Waals surface area contributed by atoms with Crippen LogP contribution in [0.5, 0.6) is 0 Å². The van der Waals surface area contributed by atoms with Gasteiger partial charge >= 0.3 is 5.97 Å². The summed E-state index contributed by atoms with van der Waals surface area (Å²) in [7, 11) is 0. The fourth-order valence-corrected chi connectivity index (χ4v) is 3.22. The van der Waals surface area contributed by atoms with E-state index in [0.29, 0.717) is 0 Å². The van der Waals surface area contributed by atoms with E-state index >= 15 is 0 Å². The van der Waals surface area contributed by atoms with Gasteiger partial charge in [0.2, 0.25) is 0 Å². The summed E-state index contributed by atoms with van der Waals surface area (Å²) >= 11 is 0. The van der Waals surface area contributed by atoms with Crippen molar-refractivity contribution < 1.29 is 14.3 Å². The first-order valence-electron chi connectivity index (χ1n) is 7.46. The van der Waals surface area contributed by atoms with E-state index in [1.807, 2.05) is 60.7 Å². The summed E-state index contributed by atoms with van der Waals surface area (Å²) in [6.45, 7) is 1.58. The van der Waals surface area contributed by atoms with Crippen LogP contribution in [0.3, 0.4) is 0 Å². The second-order valence-corrected chi connectivity index (χ2v) is 5.68. The molecule has 112 valence electrons. The van der Waals surface area contributed by atoms with Crippen molar-refractivity contribution in [3.05, 3.63) is 71.8 Å². The summed E-state index contributed by atoms with van der Waals surface area (Å²) in [5.41, 5.74) is 1.89. The second-order valence-electron chi connectivity index (χ2n) is 5.68. The molecule has 0 spiro atoms. The van der Waals surface area contributed by atoms with Gasteiger partial charge in [0.25, 0.3) is 0 Å². The number of carbonyl (C=O) groups is 2. The van der Waals surface area contributed by atoms with Gasteiger partial charge in [-0.05, 0) is 18.1 Å². The quantitative estimate of drug-likeness (QED) is 0.811. The largest absolute Gasteiger partial charge is 0.457 e. The van der Waals surface area contributed by atoms with E-state index in [9.17, 15) is 9.59 Å². The Balaban J connectivity index is 2.03. The van der Waals surface area contributed by atoms with Crippen LogP contribution in [-0.4, -0.2) is 11.8 Å². The smallest absolute Gasteiger partial charge is 0.307 e. The van der Waals surface area contributed by atoms with Crippen molar-refractivity contribution in [1.29, 1.82) is 0 Å². The normalized spacial score (nSPS) is 24.6. The minimum Gasteiger partial charge on any atom is -0.457 e. The summed E-state index contributed by atoms with van der Waals surface area (Å²) in [5, 5.41) is 0. The van der Waals surface area contributed by atoms with E-state index in [4.69, 9.17) is 4.74 Å². The molecule has 3 heteroatoms. The monoisotopic (exact) mass is 294 g/mol. The molecule has 0 saturated carbocycles. The van der Waals surface area contributed by atoms with Crippen LogP contribution >= 0.6 is 0 Å². The van der Waals surface area contributed by atoms with Gasteiger partial charge in [0.15, 0.2) is 0 Å². The molecule has 0 amide bonds. The second kappa shape index (κ2) is 6.14. The standard InChI is InChI=1S/C19H18O3/c1-13(20)18-16(14-8-4-2-5-9-14)12-17(21)22-19(18)15-10-6-3-7-11-15/h2-11,16,18-19H,12H2,1H3/t16-,18-,19+/m1/s1. The zero-order valence-electron chi connectivity index (χ0n) is 12.4. The number of benzene rings is 2. The lowest BCUT2D eigenvalue weighted by atomic mass is 9.75. The third kappa shape index (κ3) is 2.80. The average molecular weight is 294 g/mol. The van der Waals surface area contributed by atoms with Gasteiger partial charge in [0, 0.05) is 5.92 Å². The van der Waals surface area contributed by atoms with Crippen molar-refractivity contribution in [2.24, 2.45) is 5.92 Å². The molecule has 1 aliphatic heterocycles. The van der Waals surface area contributed by atoms with Gasteiger partial charge in [-0.25, -0.2) is 0 Å². The Labute approximate surface area is 129 Å². The predicted octanol–water partition coefficient (Wildman–Crippen LogP) is 3.66. The van der Waals surface area contributed by atoms with Gasteiger partial charge in [-0.2, -0.15) is 0 Å². The Bertz CT molecular complexity index is 612. The minimum absolute atomic E-state index is 0.0511. The van der Waals surface area contributed by atoms with Crippen LogP contribution in [0.2, 0.25) is 0 Å². The molecule has 3 atom stereocenters. The molecule has 1 aliphatic rings. The van der Waals surface area contributed by atoms with Crippen molar-refractivity contribution in [3.8, 4) is 0 Å². The van der Waals surface area contributed by atoms with Crippen LogP contribution < -0.4 is 0 Å².